The van der Waals surface area contributed by atoms with E-state index in [1.807, 2.05) is 29.2 Å². The molecule has 0 aromatic heterocycles. The molecule has 0 atom stereocenters. The molecule has 0 saturated heterocycles. The standard InChI is InChI=1S/C16H20N2O2/c1-2-3-8-15(19)17-11-16(20)18(12-9-10-12)14-7-5-4-6-13(14)17/h4-7,12H,2-3,8-11H2,1H3. The Morgan fingerprint density at radius 3 is 2.60 bits per heavy atom. The number of anilines is 2. The zero-order valence-electron chi connectivity index (χ0n) is 11.8. The van der Waals surface area contributed by atoms with E-state index in [1.54, 1.807) is 4.90 Å². The summed E-state index contributed by atoms with van der Waals surface area (Å²) in [5.41, 5.74) is 1.79. The maximum atomic E-state index is 12.4. The summed E-state index contributed by atoms with van der Waals surface area (Å²) in [6.45, 7) is 2.26. The summed E-state index contributed by atoms with van der Waals surface area (Å²) in [6.07, 6.45) is 4.52. The highest BCUT2D eigenvalue weighted by Gasteiger charge is 2.40. The molecule has 1 fully saturated rings. The lowest BCUT2D eigenvalue weighted by atomic mass is 10.1. The first-order chi connectivity index (χ1) is 9.72. The van der Waals surface area contributed by atoms with E-state index < -0.39 is 0 Å². The Morgan fingerprint density at radius 1 is 1.25 bits per heavy atom. The van der Waals surface area contributed by atoms with Crippen LogP contribution in [-0.2, 0) is 9.59 Å². The Bertz CT molecular complexity index is 537. The minimum Gasteiger partial charge on any atom is -0.306 e. The van der Waals surface area contributed by atoms with Crippen molar-refractivity contribution in [3.8, 4) is 0 Å². The number of carbonyl (C=O) groups is 2. The summed E-state index contributed by atoms with van der Waals surface area (Å²) in [5, 5.41) is 0. The van der Waals surface area contributed by atoms with Gasteiger partial charge in [-0.25, -0.2) is 0 Å². The van der Waals surface area contributed by atoms with Crippen molar-refractivity contribution in [2.24, 2.45) is 0 Å². The fourth-order valence-corrected chi connectivity index (χ4v) is 2.75. The van der Waals surface area contributed by atoms with Gasteiger partial charge in [-0.2, -0.15) is 0 Å². The van der Waals surface area contributed by atoms with Gasteiger partial charge in [0.2, 0.25) is 11.8 Å². The fraction of sp³-hybridized carbons (Fsp3) is 0.500. The Hall–Kier alpha value is -1.84. The van der Waals surface area contributed by atoms with Gasteiger partial charge in [0.1, 0.15) is 6.54 Å². The van der Waals surface area contributed by atoms with Gasteiger partial charge in [-0.1, -0.05) is 25.5 Å². The maximum absolute atomic E-state index is 12.4. The van der Waals surface area contributed by atoms with E-state index in [-0.39, 0.29) is 18.4 Å². The smallest absolute Gasteiger partial charge is 0.247 e. The van der Waals surface area contributed by atoms with Gasteiger partial charge >= 0.3 is 0 Å². The van der Waals surface area contributed by atoms with Gasteiger partial charge in [0, 0.05) is 12.5 Å². The van der Waals surface area contributed by atoms with Crippen molar-refractivity contribution in [2.45, 2.75) is 45.1 Å². The summed E-state index contributed by atoms with van der Waals surface area (Å²) in [7, 11) is 0. The number of benzene rings is 1. The number of rotatable bonds is 4. The van der Waals surface area contributed by atoms with Gasteiger partial charge in [-0.15, -0.1) is 0 Å². The molecule has 4 nitrogen and oxygen atoms in total. The van der Waals surface area contributed by atoms with E-state index >= 15 is 0 Å². The lowest BCUT2D eigenvalue weighted by Gasteiger charge is -2.36. The number of unbranched alkanes of at least 4 members (excludes halogenated alkanes) is 1. The summed E-state index contributed by atoms with van der Waals surface area (Å²) in [4.78, 5) is 28.2. The highest BCUT2D eigenvalue weighted by atomic mass is 16.2. The fourth-order valence-electron chi connectivity index (χ4n) is 2.75. The second-order valence-electron chi connectivity index (χ2n) is 5.57. The van der Waals surface area contributed by atoms with Crippen LogP contribution in [0.3, 0.4) is 0 Å². The lowest BCUT2D eigenvalue weighted by molar-refractivity contribution is -0.123. The molecule has 2 amide bonds. The molecule has 2 aliphatic rings. The van der Waals surface area contributed by atoms with E-state index in [0.717, 1.165) is 37.1 Å². The lowest BCUT2D eigenvalue weighted by Crippen LogP contribution is -2.49. The molecule has 1 aromatic rings. The van der Waals surface area contributed by atoms with E-state index in [4.69, 9.17) is 0 Å². The van der Waals surface area contributed by atoms with Gasteiger partial charge in [0.15, 0.2) is 0 Å². The minimum atomic E-state index is 0.0519. The second-order valence-corrected chi connectivity index (χ2v) is 5.57. The first-order valence-corrected chi connectivity index (χ1v) is 7.44. The molecule has 3 rings (SSSR count). The van der Waals surface area contributed by atoms with Crippen molar-refractivity contribution >= 4 is 23.2 Å². The molecule has 0 spiro atoms. The zero-order valence-corrected chi connectivity index (χ0v) is 11.8. The van der Waals surface area contributed by atoms with Crippen LogP contribution in [0.1, 0.15) is 39.0 Å². The largest absolute Gasteiger partial charge is 0.306 e. The van der Waals surface area contributed by atoms with Crippen LogP contribution in [0.2, 0.25) is 0 Å². The molecule has 0 unspecified atom stereocenters. The van der Waals surface area contributed by atoms with Gasteiger partial charge in [-0.05, 0) is 31.4 Å². The van der Waals surface area contributed by atoms with Crippen LogP contribution in [0.25, 0.3) is 0 Å². The minimum absolute atomic E-state index is 0.0519. The maximum Gasteiger partial charge on any atom is 0.247 e. The van der Waals surface area contributed by atoms with Gasteiger partial charge in [0.25, 0.3) is 0 Å². The number of amides is 2. The molecule has 106 valence electrons. The van der Waals surface area contributed by atoms with Crippen LogP contribution in [-0.4, -0.2) is 24.4 Å². The highest BCUT2D eigenvalue weighted by molar-refractivity contribution is 6.11. The Kier molecular flexibility index (Phi) is 3.47. The summed E-state index contributed by atoms with van der Waals surface area (Å²) < 4.78 is 0. The average Bonchev–Trinajstić information content (AvgIpc) is 3.28. The second kappa shape index (κ2) is 5.27. The molecule has 1 aliphatic carbocycles. The number of hydrogen-bond donors (Lipinski definition) is 0. The van der Waals surface area contributed by atoms with Crippen molar-refractivity contribution in [1.29, 1.82) is 0 Å². The van der Waals surface area contributed by atoms with E-state index in [0.29, 0.717) is 12.5 Å². The number of para-hydroxylation sites is 2. The molecule has 4 heteroatoms. The topological polar surface area (TPSA) is 40.6 Å². The van der Waals surface area contributed by atoms with Gasteiger partial charge in [-0.3, -0.25) is 9.59 Å². The predicted molar refractivity (Wildman–Crippen MR) is 78.8 cm³/mol. The van der Waals surface area contributed by atoms with Gasteiger partial charge < -0.3 is 9.80 Å². The normalized spacial score (nSPS) is 18.1. The number of nitrogens with zero attached hydrogens (tertiary/aromatic N) is 2. The van der Waals surface area contributed by atoms with E-state index in [9.17, 15) is 9.59 Å². The zero-order chi connectivity index (χ0) is 14.1. The van der Waals surface area contributed by atoms with Crippen molar-refractivity contribution in [3.63, 3.8) is 0 Å². The summed E-state index contributed by atoms with van der Waals surface area (Å²) >= 11 is 0. The molecule has 20 heavy (non-hydrogen) atoms. The van der Waals surface area contributed by atoms with Crippen LogP contribution < -0.4 is 9.80 Å². The van der Waals surface area contributed by atoms with Crippen LogP contribution in [0.5, 0.6) is 0 Å². The molecule has 1 aromatic carbocycles. The summed E-state index contributed by atoms with van der Waals surface area (Å²) in [5.74, 6) is 0.110. The highest BCUT2D eigenvalue weighted by Crippen LogP contribution is 2.40. The van der Waals surface area contributed by atoms with Gasteiger partial charge in [0.05, 0.1) is 11.4 Å². The van der Waals surface area contributed by atoms with Crippen molar-refractivity contribution in [1.82, 2.24) is 0 Å². The Balaban J connectivity index is 1.91. The Morgan fingerprint density at radius 2 is 1.95 bits per heavy atom. The van der Waals surface area contributed by atoms with Crippen molar-refractivity contribution in [2.75, 3.05) is 16.3 Å². The molecule has 0 N–H and O–H groups in total. The average molecular weight is 272 g/mol. The molecule has 0 bridgehead atoms. The third-order valence-electron chi connectivity index (χ3n) is 3.95. The quantitative estimate of drug-likeness (QED) is 0.845. The molecule has 1 heterocycles. The SMILES string of the molecule is CCCCC(=O)N1CC(=O)N(C2CC2)c2ccccc21. The van der Waals surface area contributed by atoms with E-state index in [2.05, 4.69) is 6.92 Å². The number of fused-ring (bicyclic) bond motifs is 1. The number of carbonyl (C=O) groups excluding carboxylic acids is 2. The first kappa shape index (κ1) is 13.2. The van der Waals surface area contributed by atoms with Crippen LogP contribution >= 0.6 is 0 Å². The molecule has 1 saturated carbocycles. The van der Waals surface area contributed by atoms with Crippen LogP contribution in [0.4, 0.5) is 11.4 Å². The third kappa shape index (κ3) is 2.30. The third-order valence-corrected chi connectivity index (χ3v) is 3.95. The van der Waals surface area contributed by atoms with E-state index in [1.165, 1.54) is 0 Å². The first-order valence-electron chi connectivity index (χ1n) is 7.44. The van der Waals surface area contributed by atoms with Crippen LogP contribution in [0, 0.1) is 0 Å². The molecular formula is C16H20N2O2. The summed E-state index contributed by atoms with van der Waals surface area (Å²) in [6, 6.07) is 8.10. The predicted octanol–water partition coefficient (Wildman–Crippen LogP) is 2.72. The van der Waals surface area contributed by atoms with Crippen molar-refractivity contribution in [3.05, 3.63) is 24.3 Å². The van der Waals surface area contributed by atoms with Crippen LogP contribution in [0.15, 0.2) is 24.3 Å². The molecule has 1 aliphatic heterocycles. The number of hydrogen-bond acceptors (Lipinski definition) is 2. The van der Waals surface area contributed by atoms with Crippen molar-refractivity contribution < 1.29 is 9.59 Å². The molecule has 0 radical (unpaired) electrons. The molecular weight excluding hydrogens is 252 g/mol. The Labute approximate surface area is 119 Å². The monoisotopic (exact) mass is 272 g/mol.